The fourth-order valence-electron chi connectivity index (χ4n) is 4.68. The first-order valence-corrected chi connectivity index (χ1v) is 15.7. The molecule has 0 atom stereocenters. The molecule has 0 saturated carbocycles. The maximum absolute atomic E-state index is 13.9. The number of anilines is 1. The predicted molar refractivity (Wildman–Crippen MR) is 154 cm³/mol. The van der Waals surface area contributed by atoms with Crippen LogP contribution in [0.2, 0.25) is 0 Å². The van der Waals surface area contributed by atoms with E-state index in [2.05, 4.69) is 0 Å². The van der Waals surface area contributed by atoms with Crippen molar-refractivity contribution in [3.8, 4) is 0 Å². The second-order valence-corrected chi connectivity index (χ2v) is 13.1. The number of benzene rings is 4. The molecule has 0 spiro atoms. The summed E-state index contributed by atoms with van der Waals surface area (Å²) in [7, 11) is -7.70. The van der Waals surface area contributed by atoms with Crippen molar-refractivity contribution in [1.82, 2.24) is 9.21 Å². The van der Waals surface area contributed by atoms with Gasteiger partial charge in [-0.15, -0.1) is 0 Å². The Hall–Kier alpha value is -3.99. The standard InChI is InChI=1S/C30H29N3O5S2/c34-30(31-20-22-32(23-21-31)39(35,36)26-14-6-2-7-15-26)28-18-10-11-19-29(28)33(24-25-12-4-1-5-13-25)40(37,38)27-16-8-3-9-17-27/h1-19H,20-24H2. The van der Waals surface area contributed by atoms with Crippen molar-refractivity contribution in [3.05, 3.63) is 126 Å². The van der Waals surface area contributed by atoms with Crippen LogP contribution in [0.5, 0.6) is 0 Å². The van der Waals surface area contributed by atoms with Gasteiger partial charge in [-0.1, -0.05) is 78.9 Å². The van der Waals surface area contributed by atoms with Crippen molar-refractivity contribution >= 4 is 31.6 Å². The number of sulfonamides is 2. The smallest absolute Gasteiger partial charge is 0.264 e. The van der Waals surface area contributed by atoms with E-state index in [4.69, 9.17) is 0 Å². The zero-order chi connectivity index (χ0) is 28.2. The second-order valence-electron chi connectivity index (χ2n) is 9.34. The Kier molecular flexibility index (Phi) is 8.02. The van der Waals surface area contributed by atoms with Crippen LogP contribution in [0.3, 0.4) is 0 Å². The van der Waals surface area contributed by atoms with Crippen LogP contribution in [-0.2, 0) is 26.6 Å². The Labute approximate surface area is 235 Å². The van der Waals surface area contributed by atoms with E-state index in [1.807, 2.05) is 30.3 Å². The fraction of sp³-hybridized carbons (Fsp3) is 0.167. The van der Waals surface area contributed by atoms with Gasteiger partial charge in [0.15, 0.2) is 0 Å². The van der Waals surface area contributed by atoms with E-state index in [9.17, 15) is 21.6 Å². The first-order valence-electron chi connectivity index (χ1n) is 12.8. The quantitative estimate of drug-likeness (QED) is 0.314. The van der Waals surface area contributed by atoms with Crippen molar-refractivity contribution in [2.75, 3.05) is 30.5 Å². The summed E-state index contributed by atoms with van der Waals surface area (Å²) >= 11 is 0. The molecule has 1 aliphatic heterocycles. The highest BCUT2D eigenvalue weighted by atomic mass is 32.2. The molecule has 0 bridgehead atoms. The zero-order valence-electron chi connectivity index (χ0n) is 21.7. The number of hydrogen-bond acceptors (Lipinski definition) is 5. The minimum atomic E-state index is -4.02. The molecule has 4 aromatic carbocycles. The average Bonchev–Trinajstić information content (AvgIpc) is 3.01. The Morgan fingerprint density at radius 3 is 1.73 bits per heavy atom. The SMILES string of the molecule is O=C(c1ccccc1N(Cc1ccccc1)S(=O)(=O)c1ccccc1)N1CCN(S(=O)(=O)c2ccccc2)CC1. The molecule has 5 rings (SSSR count). The number of rotatable bonds is 8. The zero-order valence-corrected chi connectivity index (χ0v) is 23.3. The van der Waals surface area contributed by atoms with Gasteiger partial charge in [0.25, 0.3) is 15.9 Å². The van der Waals surface area contributed by atoms with Gasteiger partial charge in [0.2, 0.25) is 10.0 Å². The van der Waals surface area contributed by atoms with Crippen molar-refractivity contribution in [2.45, 2.75) is 16.3 Å². The molecule has 1 fully saturated rings. The minimum absolute atomic E-state index is 0.0332. The molecule has 8 nitrogen and oxygen atoms in total. The number of carbonyl (C=O) groups excluding carboxylic acids is 1. The molecule has 1 heterocycles. The first-order chi connectivity index (χ1) is 19.3. The molecular formula is C30H29N3O5S2. The first kappa shape index (κ1) is 27.6. The Bertz CT molecular complexity index is 1670. The lowest BCUT2D eigenvalue weighted by Gasteiger charge is -2.35. The van der Waals surface area contributed by atoms with E-state index in [-0.39, 0.29) is 59.7 Å². The van der Waals surface area contributed by atoms with Crippen molar-refractivity contribution in [2.24, 2.45) is 0 Å². The number of hydrogen-bond donors (Lipinski definition) is 0. The van der Waals surface area contributed by atoms with Gasteiger partial charge in [-0.2, -0.15) is 4.31 Å². The van der Waals surface area contributed by atoms with Crippen LogP contribution in [0.4, 0.5) is 5.69 Å². The van der Waals surface area contributed by atoms with Gasteiger partial charge < -0.3 is 4.90 Å². The fourth-order valence-corrected chi connectivity index (χ4v) is 7.62. The van der Waals surface area contributed by atoms with E-state index in [1.54, 1.807) is 77.7 Å². The topological polar surface area (TPSA) is 95.1 Å². The maximum Gasteiger partial charge on any atom is 0.264 e. The van der Waals surface area contributed by atoms with E-state index < -0.39 is 20.0 Å². The second kappa shape index (κ2) is 11.6. The Morgan fingerprint density at radius 2 is 1.12 bits per heavy atom. The van der Waals surface area contributed by atoms with Crippen LogP contribution >= 0.6 is 0 Å². The third-order valence-corrected chi connectivity index (χ3v) is 10.5. The summed E-state index contributed by atoms with van der Waals surface area (Å²) in [6.45, 7) is 0.681. The van der Waals surface area contributed by atoms with Gasteiger partial charge >= 0.3 is 0 Å². The Balaban J connectivity index is 1.44. The number of para-hydroxylation sites is 1. The molecule has 1 saturated heterocycles. The van der Waals surface area contributed by atoms with E-state index in [1.165, 1.54) is 20.7 Å². The van der Waals surface area contributed by atoms with Gasteiger partial charge in [0.1, 0.15) is 0 Å². The summed E-state index contributed by atoms with van der Waals surface area (Å²) in [6.07, 6.45) is 0. The van der Waals surface area contributed by atoms with Crippen molar-refractivity contribution in [1.29, 1.82) is 0 Å². The molecular weight excluding hydrogens is 546 g/mol. The normalized spacial score (nSPS) is 14.6. The lowest BCUT2D eigenvalue weighted by Crippen LogP contribution is -2.50. The predicted octanol–water partition coefficient (Wildman–Crippen LogP) is 4.23. The monoisotopic (exact) mass is 575 g/mol. The highest BCUT2D eigenvalue weighted by Crippen LogP contribution is 2.30. The average molecular weight is 576 g/mol. The number of piperazine rings is 1. The van der Waals surface area contributed by atoms with Crippen LogP contribution in [0.1, 0.15) is 15.9 Å². The van der Waals surface area contributed by atoms with Gasteiger partial charge in [-0.25, -0.2) is 16.8 Å². The lowest BCUT2D eigenvalue weighted by atomic mass is 10.1. The molecule has 1 aliphatic rings. The molecule has 1 amide bonds. The summed E-state index contributed by atoms with van der Waals surface area (Å²) in [5.41, 5.74) is 1.26. The molecule has 0 aromatic heterocycles. The molecule has 0 aliphatic carbocycles. The maximum atomic E-state index is 13.9. The number of nitrogens with zero attached hydrogens (tertiary/aromatic N) is 3. The van der Waals surface area contributed by atoms with Gasteiger partial charge in [0, 0.05) is 26.2 Å². The van der Waals surface area contributed by atoms with Crippen LogP contribution in [0.15, 0.2) is 125 Å². The summed E-state index contributed by atoms with van der Waals surface area (Å²) in [5, 5.41) is 0. The van der Waals surface area contributed by atoms with Crippen LogP contribution < -0.4 is 4.31 Å². The van der Waals surface area contributed by atoms with Crippen molar-refractivity contribution in [3.63, 3.8) is 0 Å². The van der Waals surface area contributed by atoms with Gasteiger partial charge in [-0.05, 0) is 42.0 Å². The summed E-state index contributed by atoms with van der Waals surface area (Å²) in [6, 6.07) is 32.2. The van der Waals surface area contributed by atoms with Crippen molar-refractivity contribution < 1.29 is 21.6 Å². The molecule has 10 heteroatoms. The molecule has 0 unspecified atom stereocenters. The molecule has 0 N–H and O–H groups in total. The van der Waals surface area contributed by atoms with E-state index in [0.29, 0.717) is 0 Å². The van der Waals surface area contributed by atoms with E-state index >= 15 is 0 Å². The van der Waals surface area contributed by atoms with Gasteiger partial charge in [0.05, 0.1) is 27.6 Å². The lowest BCUT2D eigenvalue weighted by molar-refractivity contribution is 0.0698. The van der Waals surface area contributed by atoms with Crippen LogP contribution in [0.25, 0.3) is 0 Å². The molecule has 4 aromatic rings. The number of amides is 1. The largest absolute Gasteiger partial charge is 0.336 e. The molecule has 0 radical (unpaired) electrons. The van der Waals surface area contributed by atoms with E-state index in [0.717, 1.165) is 5.56 Å². The molecule has 40 heavy (non-hydrogen) atoms. The molecule has 206 valence electrons. The summed E-state index contributed by atoms with van der Waals surface area (Å²) < 4.78 is 56.5. The third-order valence-electron chi connectivity index (χ3n) is 6.81. The third kappa shape index (κ3) is 5.65. The minimum Gasteiger partial charge on any atom is -0.336 e. The van der Waals surface area contributed by atoms with Crippen LogP contribution in [0, 0.1) is 0 Å². The summed E-state index contributed by atoms with van der Waals surface area (Å²) in [4.78, 5) is 15.7. The number of carbonyl (C=O) groups is 1. The Morgan fingerprint density at radius 1 is 0.625 bits per heavy atom. The highest BCUT2D eigenvalue weighted by molar-refractivity contribution is 7.92. The van der Waals surface area contributed by atoms with Gasteiger partial charge in [-0.3, -0.25) is 9.10 Å². The summed E-state index contributed by atoms with van der Waals surface area (Å²) in [5.74, 6) is -0.353. The highest BCUT2D eigenvalue weighted by Gasteiger charge is 2.33. The van der Waals surface area contributed by atoms with Crippen LogP contribution in [-0.4, -0.2) is 58.1 Å².